The Hall–Kier alpha value is -0.850. The van der Waals surface area contributed by atoms with Crippen molar-refractivity contribution in [3.63, 3.8) is 0 Å². The Bertz CT molecular complexity index is 529. The SMILES string of the molecule is Cl.Nc1nc2c(Br)ccc(C(=O)O)c2s1. The second-order valence-corrected chi connectivity index (χ2v) is 4.51. The molecule has 0 amide bonds. The van der Waals surface area contributed by atoms with Gasteiger partial charge in [0.25, 0.3) is 0 Å². The molecule has 7 heteroatoms. The van der Waals surface area contributed by atoms with Gasteiger partial charge in [-0.25, -0.2) is 9.78 Å². The summed E-state index contributed by atoms with van der Waals surface area (Å²) in [5.41, 5.74) is 6.36. The second kappa shape index (κ2) is 4.34. The summed E-state index contributed by atoms with van der Waals surface area (Å²) in [4.78, 5) is 14.9. The van der Waals surface area contributed by atoms with Gasteiger partial charge >= 0.3 is 5.97 Å². The van der Waals surface area contributed by atoms with Crippen molar-refractivity contribution in [2.45, 2.75) is 0 Å². The number of halogens is 2. The second-order valence-electron chi connectivity index (χ2n) is 2.63. The Morgan fingerprint density at radius 2 is 2.20 bits per heavy atom. The number of nitrogen functional groups attached to an aromatic ring is 1. The van der Waals surface area contributed by atoms with E-state index in [1.165, 1.54) is 17.4 Å². The summed E-state index contributed by atoms with van der Waals surface area (Å²) in [6.45, 7) is 0. The zero-order valence-corrected chi connectivity index (χ0v) is 10.4. The van der Waals surface area contributed by atoms with Crippen LogP contribution in [0.5, 0.6) is 0 Å². The molecule has 3 N–H and O–H groups in total. The van der Waals surface area contributed by atoms with E-state index >= 15 is 0 Å². The molecule has 2 rings (SSSR count). The molecule has 1 aromatic carbocycles. The van der Waals surface area contributed by atoms with Crippen LogP contribution in [0.3, 0.4) is 0 Å². The fourth-order valence-electron chi connectivity index (χ4n) is 1.16. The summed E-state index contributed by atoms with van der Waals surface area (Å²) in [7, 11) is 0. The van der Waals surface area contributed by atoms with E-state index in [1.807, 2.05) is 0 Å². The van der Waals surface area contributed by atoms with Gasteiger partial charge < -0.3 is 10.8 Å². The van der Waals surface area contributed by atoms with Crippen molar-refractivity contribution < 1.29 is 9.90 Å². The number of benzene rings is 1. The van der Waals surface area contributed by atoms with Crippen LogP contribution in [0.2, 0.25) is 0 Å². The van der Waals surface area contributed by atoms with Crippen LogP contribution in [-0.2, 0) is 0 Å². The van der Waals surface area contributed by atoms with Crippen LogP contribution in [0.25, 0.3) is 10.2 Å². The average molecular weight is 310 g/mol. The number of aromatic carboxylic acids is 1. The standard InChI is InChI=1S/C8H5BrN2O2S.ClH/c9-4-2-1-3(7(12)13)6-5(4)11-8(10)14-6;/h1-2H,(H2,10,11)(H,12,13);1H. The molecular formula is C8H6BrClN2O2S. The lowest BCUT2D eigenvalue weighted by Crippen LogP contribution is -1.95. The third-order valence-corrected chi connectivity index (χ3v) is 3.30. The maximum absolute atomic E-state index is 10.9. The number of nitrogens with two attached hydrogens (primary N) is 1. The summed E-state index contributed by atoms with van der Waals surface area (Å²) >= 11 is 4.47. The molecule has 0 saturated heterocycles. The molecule has 0 aliphatic heterocycles. The number of nitrogens with zero attached hydrogens (tertiary/aromatic N) is 1. The quantitative estimate of drug-likeness (QED) is 0.849. The number of anilines is 1. The molecule has 0 atom stereocenters. The van der Waals surface area contributed by atoms with Crippen molar-refractivity contribution in [2.75, 3.05) is 5.73 Å². The topological polar surface area (TPSA) is 76.2 Å². The molecule has 15 heavy (non-hydrogen) atoms. The van der Waals surface area contributed by atoms with Crippen molar-refractivity contribution >= 4 is 61.0 Å². The number of carboxylic acid groups (broad SMARTS) is 1. The lowest BCUT2D eigenvalue weighted by molar-refractivity contribution is 0.0699. The Balaban J connectivity index is 0.00000112. The smallest absolute Gasteiger partial charge is 0.337 e. The van der Waals surface area contributed by atoms with Crippen LogP contribution in [0.1, 0.15) is 10.4 Å². The zero-order chi connectivity index (χ0) is 10.3. The van der Waals surface area contributed by atoms with Gasteiger partial charge in [-0.05, 0) is 28.1 Å². The van der Waals surface area contributed by atoms with Crippen molar-refractivity contribution in [3.05, 3.63) is 22.2 Å². The molecule has 2 aromatic rings. The molecule has 1 aromatic heterocycles. The minimum atomic E-state index is -0.967. The Kier molecular flexibility index (Phi) is 3.54. The Labute approximate surface area is 104 Å². The largest absolute Gasteiger partial charge is 0.478 e. The first-order valence-corrected chi connectivity index (χ1v) is 5.28. The third kappa shape index (κ3) is 2.06. The molecule has 0 aliphatic rings. The van der Waals surface area contributed by atoms with E-state index in [1.54, 1.807) is 6.07 Å². The van der Waals surface area contributed by atoms with Crippen molar-refractivity contribution in [3.8, 4) is 0 Å². The normalized spacial score (nSPS) is 9.93. The maximum Gasteiger partial charge on any atom is 0.337 e. The molecule has 80 valence electrons. The van der Waals surface area contributed by atoms with E-state index in [0.29, 0.717) is 15.3 Å². The van der Waals surface area contributed by atoms with Crippen LogP contribution in [0.15, 0.2) is 16.6 Å². The molecule has 1 heterocycles. The van der Waals surface area contributed by atoms with Crippen molar-refractivity contribution in [2.24, 2.45) is 0 Å². The monoisotopic (exact) mass is 308 g/mol. The van der Waals surface area contributed by atoms with Crippen LogP contribution in [0.4, 0.5) is 5.13 Å². The fraction of sp³-hybridized carbons (Fsp3) is 0. The number of carbonyl (C=O) groups is 1. The van der Waals surface area contributed by atoms with Gasteiger partial charge in [0.15, 0.2) is 5.13 Å². The van der Waals surface area contributed by atoms with E-state index in [0.717, 1.165) is 4.47 Å². The third-order valence-electron chi connectivity index (χ3n) is 1.74. The van der Waals surface area contributed by atoms with Gasteiger partial charge in [-0.1, -0.05) is 11.3 Å². The van der Waals surface area contributed by atoms with Crippen LogP contribution in [0, 0.1) is 0 Å². The minimum absolute atomic E-state index is 0. The predicted molar refractivity (Wildman–Crippen MR) is 65.9 cm³/mol. The highest BCUT2D eigenvalue weighted by atomic mass is 79.9. The number of thiazole rings is 1. The lowest BCUT2D eigenvalue weighted by atomic mass is 10.2. The fourth-order valence-corrected chi connectivity index (χ4v) is 2.57. The predicted octanol–water partition coefficient (Wildman–Crippen LogP) is 2.76. The molecule has 0 aliphatic carbocycles. The number of hydrogen-bond acceptors (Lipinski definition) is 4. The van der Waals surface area contributed by atoms with E-state index in [-0.39, 0.29) is 18.0 Å². The zero-order valence-electron chi connectivity index (χ0n) is 7.23. The summed E-state index contributed by atoms with van der Waals surface area (Å²) in [6.07, 6.45) is 0. The molecule has 0 spiro atoms. The molecule has 0 saturated carbocycles. The Morgan fingerprint density at radius 3 is 2.80 bits per heavy atom. The van der Waals surface area contributed by atoms with Crippen LogP contribution in [-0.4, -0.2) is 16.1 Å². The number of carboxylic acids is 1. The molecule has 4 nitrogen and oxygen atoms in total. The van der Waals surface area contributed by atoms with Gasteiger partial charge in [-0.15, -0.1) is 12.4 Å². The maximum atomic E-state index is 10.9. The van der Waals surface area contributed by atoms with Gasteiger partial charge in [0, 0.05) is 4.47 Å². The van der Waals surface area contributed by atoms with E-state index < -0.39 is 5.97 Å². The Morgan fingerprint density at radius 1 is 1.53 bits per heavy atom. The first kappa shape index (κ1) is 12.2. The number of hydrogen-bond donors (Lipinski definition) is 2. The summed E-state index contributed by atoms with van der Waals surface area (Å²) in [5, 5.41) is 9.28. The van der Waals surface area contributed by atoms with Gasteiger partial charge in [0.05, 0.1) is 15.8 Å². The summed E-state index contributed by atoms with van der Waals surface area (Å²) in [6, 6.07) is 3.19. The van der Waals surface area contributed by atoms with Crippen LogP contribution < -0.4 is 5.73 Å². The molecule has 0 fully saturated rings. The number of fused-ring (bicyclic) bond motifs is 1. The van der Waals surface area contributed by atoms with Gasteiger partial charge in [-0.3, -0.25) is 0 Å². The van der Waals surface area contributed by atoms with Gasteiger partial charge in [0.2, 0.25) is 0 Å². The summed E-state index contributed by atoms with van der Waals surface area (Å²) in [5.74, 6) is -0.967. The lowest BCUT2D eigenvalue weighted by Gasteiger charge is -1.96. The highest BCUT2D eigenvalue weighted by molar-refractivity contribution is 9.10. The average Bonchev–Trinajstić information content (AvgIpc) is 2.47. The van der Waals surface area contributed by atoms with E-state index in [4.69, 9.17) is 10.8 Å². The van der Waals surface area contributed by atoms with Gasteiger partial charge in [-0.2, -0.15) is 0 Å². The van der Waals surface area contributed by atoms with E-state index in [2.05, 4.69) is 20.9 Å². The van der Waals surface area contributed by atoms with Gasteiger partial charge in [0.1, 0.15) is 0 Å². The highest BCUT2D eigenvalue weighted by Crippen LogP contribution is 2.32. The van der Waals surface area contributed by atoms with Crippen LogP contribution >= 0.6 is 39.7 Å². The first-order valence-electron chi connectivity index (χ1n) is 3.67. The van der Waals surface area contributed by atoms with Crippen molar-refractivity contribution in [1.82, 2.24) is 4.98 Å². The summed E-state index contributed by atoms with van der Waals surface area (Å²) < 4.78 is 1.36. The van der Waals surface area contributed by atoms with E-state index in [9.17, 15) is 4.79 Å². The molecule has 0 radical (unpaired) electrons. The first-order chi connectivity index (χ1) is 6.59. The molecular weight excluding hydrogens is 304 g/mol. The number of rotatable bonds is 1. The highest BCUT2D eigenvalue weighted by Gasteiger charge is 2.14. The number of aromatic nitrogens is 1. The molecule has 0 bridgehead atoms. The van der Waals surface area contributed by atoms with Crippen molar-refractivity contribution in [1.29, 1.82) is 0 Å². The molecule has 0 unspecified atom stereocenters. The minimum Gasteiger partial charge on any atom is -0.478 e.